The smallest absolute Gasteiger partial charge is 0.233 e. The Hall–Kier alpha value is -1.00. The molecular formula is C16H24N2OS. The molecule has 2 N–H and O–H groups in total. The predicted molar refractivity (Wildman–Crippen MR) is 84.9 cm³/mol. The van der Waals surface area contributed by atoms with Gasteiger partial charge in [-0.05, 0) is 37.5 Å². The number of benzene rings is 1. The standard InChI is InChI=1S/C16H24N2OS/c1-11(2)17-10-13-4-8-15(9-5-13)20-12(3)16(19)18-14-6-7-14/h4-5,8-9,11-12,14,17H,6-7,10H2,1-3H3,(H,18,19). The molecule has 3 nitrogen and oxygen atoms in total. The van der Waals surface area contributed by atoms with E-state index in [1.807, 2.05) is 6.92 Å². The Labute approximate surface area is 125 Å². The second-order valence-corrected chi connectivity index (χ2v) is 7.14. The predicted octanol–water partition coefficient (Wildman–Crippen LogP) is 2.94. The Kier molecular flexibility index (Phi) is 5.49. The summed E-state index contributed by atoms with van der Waals surface area (Å²) in [6, 6.07) is 9.39. The summed E-state index contributed by atoms with van der Waals surface area (Å²) in [6.45, 7) is 7.14. The van der Waals surface area contributed by atoms with Crippen LogP contribution < -0.4 is 10.6 Å². The lowest BCUT2D eigenvalue weighted by Gasteiger charge is -2.12. The minimum Gasteiger partial charge on any atom is -0.352 e. The van der Waals surface area contributed by atoms with Gasteiger partial charge in [-0.15, -0.1) is 11.8 Å². The van der Waals surface area contributed by atoms with Crippen LogP contribution in [0.5, 0.6) is 0 Å². The van der Waals surface area contributed by atoms with E-state index in [-0.39, 0.29) is 11.2 Å². The second-order valence-electron chi connectivity index (χ2n) is 5.72. The first-order valence-electron chi connectivity index (χ1n) is 7.34. The van der Waals surface area contributed by atoms with Gasteiger partial charge in [0.25, 0.3) is 0 Å². The van der Waals surface area contributed by atoms with Crippen LogP contribution in [-0.4, -0.2) is 23.2 Å². The van der Waals surface area contributed by atoms with Crippen molar-refractivity contribution < 1.29 is 4.79 Å². The van der Waals surface area contributed by atoms with Crippen molar-refractivity contribution in [3.8, 4) is 0 Å². The van der Waals surface area contributed by atoms with Crippen LogP contribution in [-0.2, 0) is 11.3 Å². The topological polar surface area (TPSA) is 41.1 Å². The molecule has 0 spiro atoms. The Bertz CT molecular complexity index is 440. The summed E-state index contributed by atoms with van der Waals surface area (Å²) in [7, 11) is 0. The molecule has 1 amide bonds. The number of hydrogen-bond acceptors (Lipinski definition) is 3. The van der Waals surface area contributed by atoms with Crippen LogP contribution >= 0.6 is 11.8 Å². The van der Waals surface area contributed by atoms with Crippen molar-refractivity contribution in [1.29, 1.82) is 0 Å². The van der Waals surface area contributed by atoms with E-state index in [4.69, 9.17) is 0 Å². The third-order valence-corrected chi connectivity index (χ3v) is 4.36. The molecule has 0 heterocycles. The van der Waals surface area contributed by atoms with Crippen LogP contribution in [0, 0.1) is 0 Å². The van der Waals surface area contributed by atoms with Gasteiger partial charge in [0.05, 0.1) is 5.25 Å². The number of carbonyl (C=O) groups excluding carboxylic acids is 1. The van der Waals surface area contributed by atoms with E-state index in [2.05, 4.69) is 48.7 Å². The summed E-state index contributed by atoms with van der Waals surface area (Å²) >= 11 is 1.62. The Morgan fingerprint density at radius 2 is 1.90 bits per heavy atom. The number of nitrogens with one attached hydrogen (secondary N) is 2. The van der Waals surface area contributed by atoms with Gasteiger partial charge in [0.15, 0.2) is 0 Å². The van der Waals surface area contributed by atoms with E-state index in [9.17, 15) is 4.79 Å². The maximum Gasteiger partial charge on any atom is 0.233 e. The third kappa shape index (κ3) is 5.17. The Morgan fingerprint density at radius 3 is 2.45 bits per heavy atom. The lowest BCUT2D eigenvalue weighted by molar-refractivity contribution is -0.120. The van der Waals surface area contributed by atoms with E-state index in [1.54, 1.807) is 11.8 Å². The molecule has 4 heteroatoms. The monoisotopic (exact) mass is 292 g/mol. The third-order valence-electron chi connectivity index (χ3n) is 3.24. The maximum atomic E-state index is 11.9. The fourth-order valence-electron chi connectivity index (χ4n) is 1.81. The average Bonchev–Trinajstić information content (AvgIpc) is 3.21. The first-order chi connectivity index (χ1) is 9.54. The number of carbonyl (C=O) groups is 1. The van der Waals surface area contributed by atoms with Crippen molar-refractivity contribution >= 4 is 17.7 Å². The van der Waals surface area contributed by atoms with E-state index < -0.39 is 0 Å². The summed E-state index contributed by atoms with van der Waals surface area (Å²) < 4.78 is 0. The molecule has 0 radical (unpaired) electrons. The molecule has 1 saturated carbocycles. The number of hydrogen-bond donors (Lipinski definition) is 2. The highest BCUT2D eigenvalue weighted by molar-refractivity contribution is 8.00. The van der Waals surface area contributed by atoms with Gasteiger partial charge in [-0.25, -0.2) is 0 Å². The Morgan fingerprint density at radius 1 is 1.25 bits per heavy atom. The van der Waals surface area contributed by atoms with E-state index in [1.165, 1.54) is 5.56 Å². The molecule has 1 aliphatic rings. The summed E-state index contributed by atoms with van der Waals surface area (Å²) in [4.78, 5) is 13.1. The van der Waals surface area contributed by atoms with Gasteiger partial charge in [-0.3, -0.25) is 4.79 Å². The number of amides is 1. The summed E-state index contributed by atoms with van der Waals surface area (Å²) in [6.07, 6.45) is 2.28. The van der Waals surface area contributed by atoms with Gasteiger partial charge in [0.1, 0.15) is 0 Å². The molecule has 1 aromatic carbocycles. The fraction of sp³-hybridized carbons (Fsp3) is 0.562. The highest BCUT2D eigenvalue weighted by Gasteiger charge is 2.25. The maximum absolute atomic E-state index is 11.9. The lowest BCUT2D eigenvalue weighted by atomic mass is 10.2. The first kappa shape index (κ1) is 15.4. The molecule has 0 aromatic heterocycles. The van der Waals surface area contributed by atoms with E-state index in [0.717, 1.165) is 24.3 Å². The summed E-state index contributed by atoms with van der Waals surface area (Å²) in [5.41, 5.74) is 1.28. The highest BCUT2D eigenvalue weighted by atomic mass is 32.2. The van der Waals surface area contributed by atoms with Crippen LogP contribution in [0.1, 0.15) is 39.2 Å². The van der Waals surface area contributed by atoms with Crippen molar-refractivity contribution in [2.75, 3.05) is 0 Å². The van der Waals surface area contributed by atoms with Crippen LogP contribution in [0.15, 0.2) is 29.2 Å². The molecule has 110 valence electrons. The zero-order chi connectivity index (χ0) is 14.5. The van der Waals surface area contributed by atoms with Crippen LogP contribution in [0.4, 0.5) is 0 Å². The Balaban J connectivity index is 1.81. The van der Waals surface area contributed by atoms with Gasteiger partial charge >= 0.3 is 0 Å². The fourth-order valence-corrected chi connectivity index (χ4v) is 2.69. The van der Waals surface area contributed by atoms with Gasteiger partial charge in [0, 0.05) is 23.5 Å². The van der Waals surface area contributed by atoms with Crippen molar-refractivity contribution in [2.24, 2.45) is 0 Å². The quantitative estimate of drug-likeness (QED) is 0.759. The lowest BCUT2D eigenvalue weighted by Crippen LogP contribution is -2.32. The van der Waals surface area contributed by atoms with Crippen LogP contribution in [0.2, 0.25) is 0 Å². The zero-order valence-corrected chi connectivity index (χ0v) is 13.3. The second kappa shape index (κ2) is 7.14. The molecule has 20 heavy (non-hydrogen) atoms. The number of thioether (sulfide) groups is 1. The van der Waals surface area contributed by atoms with Crippen molar-refractivity contribution in [1.82, 2.24) is 10.6 Å². The van der Waals surface area contributed by atoms with Crippen molar-refractivity contribution in [3.63, 3.8) is 0 Å². The van der Waals surface area contributed by atoms with Crippen molar-refractivity contribution in [2.45, 2.75) is 62.4 Å². The molecule has 1 atom stereocenters. The largest absolute Gasteiger partial charge is 0.352 e. The average molecular weight is 292 g/mol. The van der Waals surface area contributed by atoms with Crippen LogP contribution in [0.3, 0.4) is 0 Å². The summed E-state index contributed by atoms with van der Waals surface area (Å²) in [5.74, 6) is 0.156. The number of rotatable bonds is 7. The first-order valence-corrected chi connectivity index (χ1v) is 8.22. The SMILES string of the molecule is CC(C)NCc1ccc(SC(C)C(=O)NC2CC2)cc1. The molecule has 1 fully saturated rings. The normalized spacial score (nSPS) is 16.2. The zero-order valence-electron chi connectivity index (χ0n) is 12.5. The highest BCUT2D eigenvalue weighted by Crippen LogP contribution is 2.25. The molecule has 0 saturated heterocycles. The van der Waals surface area contributed by atoms with Gasteiger partial charge < -0.3 is 10.6 Å². The van der Waals surface area contributed by atoms with Gasteiger partial charge in [-0.1, -0.05) is 26.0 Å². The summed E-state index contributed by atoms with van der Waals surface area (Å²) in [5, 5.41) is 6.41. The van der Waals surface area contributed by atoms with Crippen molar-refractivity contribution in [3.05, 3.63) is 29.8 Å². The molecule has 0 aliphatic heterocycles. The van der Waals surface area contributed by atoms with E-state index >= 15 is 0 Å². The molecule has 1 unspecified atom stereocenters. The van der Waals surface area contributed by atoms with Gasteiger partial charge in [0.2, 0.25) is 5.91 Å². The molecular weight excluding hydrogens is 268 g/mol. The molecule has 1 aromatic rings. The van der Waals surface area contributed by atoms with Gasteiger partial charge in [-0.2, -0.15) is 0 Å². The van der Waals surface area contributed by atoms with Crippen LogP contribution in [0.25, 0.3) is 0 Å². The molecule has 0 bridgehead atoms. The molecule has 1 aliphatic carbocycles. The molecule has 2 rings (SSSR count). The minimum absolute atomic E-state index is 0.0322. The minimum atomic E-state index is -0.0322. The van der Waals surface area contributed by atoms with E-state index in [0.29, 0.717) is 12.1 Å².